The first-order valence-corrected chi connectivity index (χ1v) is 9.08. The van der Waals surface area contributed by atoms with Gasteiger partial charge in [-0.1, -0.05) is 11.6 Å². The van der Waals surface area contributed by atoms with Crippen molar-refractivity contribution in [3.63, 3.8) is 0 Å². The number of carbonyl (C=O) groups excluding carboxylic acids is 5. The van der Waals surface area contributed by atoms with Gasteiger partial charge in [0.25, 0.3) is 5.91 Å². The molecule has 3 atom stereocenters. The van der Waals surface area contributed by atoms with Gasteiger partial charge in [0.1, 0.15) is 6.61 Å². The summed E-state index contributed by atoms with van der Waals surface area (Å²) in [5.41, 5.74) is 0.312. The third-order valence-corrected chi connectivity index (χ3v) is 3.65. The Balaban J connectivity index is 3.25. The lowest BCUT2D eigenvalue weighted by Gasteiger charge is -2.30. The van der Waals surface area contributed by atoms with Crippen molar-refractivity contribution < 1.29 is 42.9 Å². The van der Waals surface area contributed by atoms with E-state index in [0.29, 0.717) is 10.7 Å². The predicted molar refractivity (Wildman–Crippen MR) is 103 cm³/mol. The summed E-state index contributed by atoms with van der Waals surface area (Å²) in [6, 6.07) is 6.02. The fraction of sp³-hybridized carbons (Fsp3) is 0.421. The summed E-state index contributed by atoms with van der Waals surface area (Å²) in [6.45, 7) is 3.73. The predicted octanol–water partition coefficient (Wildman–Crippen LogP) is 1.64. The van der Waals surface area contributed by atoms with Gasteiger partial charge in [0.15, 0.2) is 12.2 Å². The fourth-order valence-corrected chi connectivity index (χ4v) is 2.45. The number of ether oxygens (including phenoxy) is 4. The van der Waals surface area contributed by atoms with Gasteiger partial charge in [0, 0.05) is 38.4 Å². The molecule has 11 heteroatoms. The van der Waals surface area contributed by atoms with E-state index in [0.717, 1.165) is 27.7 Å². The molecule has 0 saturated carbocycles. The summed E-state index contributed by atoms with van der Waals surface area (Å²) in [4.78, 5) is 58.7. The second-order valence-corrected chi connectivity index (χ2v) is 6.49. The number of benzene rings is 1. The van der Waals surface area contributed by atoms with Crippen LogP contribution < -0.4 is 5.32 Å². The quantitative estimate of drug-likeness (QED) is 0.446. The van der Waals surface area contributed by atoms with Crippen LogP contribution >= 0.6 is 11.6 Å². The molecule has 0 radical (unpaired) electrons. The summed E-state index contributed by atoms with van der Waals surface area (Å²) in [5, 5.41) is 2.92. The van der Waals surface area contributed by atoms with Gasteiger partial charge in [-0.15, -0.1) is 0 Å². The molecule has 0 bridgehead atoms. The van der Waals surface area contributed by atoms with Crippen molar-refractivity contribution in [2.24, 2.45) is 0 Å². The van der Waals surface area contributed by atoms with E-state index < -0.39 is 54.7 Å². The maximum Gasteiger partial charge on any atom is 0.303 e. The Morgan fingerprint density at radius 2 is 1.37 bits per heavy atom. The number of hydrogen-bond acceptors (Lipinski definition) is 9. The Kier molecular flexibility index (Phi) is 9.76. The van der Waals surface area contributed by atoms with Crippen LogP contribution in [0.1, 0.15) is 27.7 Å². The van der Waals surface area contributed by atoms with Crippen molar-refractivity contribution in [3.8, 4) is 0 Å². The highest BCUT2D eigenvalue weighted by molar-refractivity contribution is 6.30. The minimum atomic E-state index is -1.72. The van der Waals surface area contributed by atoms with Crippen LogP contribution in [0.3, 0.4) is 0 Å². The average Bonchev–Trinajstić information content (AvgIpc) is 2.62. The Morgan fingerprint density at radius 1 is 0.833 bits per heavy atom. The van der Waals surface area contributed by atoms with E-state index in [1.165, 1.54) is 24.3 Å². The molecular weight excluding hydrogens is 422 g/mol. The van der Waals surface area contributed by atoms with Crippen LogP contribution in [-0.4, -0.2) is 54.7 Å². The van der Waals surface area contributed by atoms with Gasteiger partial charge in [0.05, 0.1) is 0 Å². The zero-order chi connectivity index (χ0) is 22.8. The number of esters is 4. The van der Waals surface area contributed by atoms with E-state index in [-0.39, 0.29) is 0 Å². The topological polar surface area (TPSA) is 134 Å². The lowest BCUT2D eigenvalue weighted by atomic mass is 10.1. The molecule has 1 aromatic rings. The lowest BCUT2D eigenvalue weighted by Crippen LogP contribution is -2.52. The molecule has 1 aromatic carbocycles. The highest BCUT2D eigenvalue weighted by atomic mass is 35.5. The molecule has 0 saturated heterocycles. The minimum Gasteiger partial charge on any atom is -0.462 e. The number of nitrogens with one attached hydrogen (secondary N) is 1. The van der Waals surface area contributed by atoms with Gasteiger partial charge in [-0.05, 0) is 24.3 Å². The zero-order valence-electron chi connectivity index (χ0n) is 16.8. The standard InChI is InChI=1S/C19H22ClNO9/c1-10(22)27-9-16(28-11(2)23)17(29-12(3)24)18(30-13(4)25)19(26)21-15-7-5-14(20)6-8-15/h5-8,16-18H,9H2,1-4H3,(H,21,26)/t16-,17-,18+/m1/s1. The molecule has 0 aromatic heterocycles. The number of amides is 1. The van der Waals surface area contributed by atoms with Crippen molar-refractivity contribution >= 4 is 47.1 Å². The van der Waals surface area contributed by atoms with Crippen LogP contribution in [0.5, 0.6) is 0 Å². The Morgan fingerprint density at radius 3 is 1.83 bits per heavy atom. The highest BCUT2D eigenvalue weighted by Gasteiger charge is 2.42. The first-order valence-electron chi connectivity index (χ1n) is 8.71. The van der Waals surface area contributed by atoms with E-state index in [1.807, 2.05) is 0 Å². The normalized spacial score (nSPS) is 13.2. The number of carbonyl (C=O) groups is 5. The lowest BCUT2D eigenvalue weighted by molar-refractivity contribution is -0.190. The maximum atomic E-state index is 12.8. The largest absolute Gasteiger partial charge is 0.462 e. The Bertz CT molecular complexity index is 794. The molecule has 1 rings (SSSR count). The van der Waals surface area contributed by atoms with Crippen molar-refractivity contribution in [2.45, 2.75) is 46.0 Å². The van der Waals surface area contributed by atoms with Crippen molar-refractivity contribution in [2.75, 3.05) is 11.9 Å². The molecule has 10 nitrogen and oxygen atoms in total. The molecule has 0 heterocycles. The van der Waals surface area contributed by atoms with Crippen LogP contribution in [0, 0.1) is 0 Å². The highest BCUT2D eigenvalue weighted by Crippen LogP contribution is 2.19. The second kappa shape index (κ2) is 11.8. The summed E-state index contributed by atoms with van der Waals surface area (Å²) < 4.78 is 20.1. The number of halogens is 1. The molecule has 164 valence electrons. The van der Waals surface area contributed by atoms with Gasteiger partial charge in [0.2, 0.25) is 6.10 Å². The first-order chi connectivity index (χ1) is 14.0. The maximum absolute atomic E-state index is 12.8. The fourth-order valence-electron chi connectivity index (χ4n) is 2.33. The molecule has 1 N–H and O–H groups in total. The number of hydrogen-bond donors (Lipinski definition) is 1. The molecule has 1 amide bonds. The van der Waals surface area contributed by atoms with E-state index in [9.17, 15) is 24.0 Å². The Hall–Kier alpha value is -3.14. The molecule has 0 fully saturated rings. The molecule has 0 spiro atoms. The SMILES string of the molecule is CC(=O)OC[C@@H](OC(C)=O)[C@@H](OC(C)=O)[C@H](OC(C)=O)C(=O)Nc1ccc(Cl)cc1. The van der Waals surface area contributed by atoms with E-state index >= 15 is 0 Å². The summed E-state index contributed by atoms with van der Waals surface area (Å²) >= 11 is 5.81. The van der Waals surface area contributed by atoms with Gasteiger partial charge < -0.3 is 24.3 Å². The molecular formula is C19H22ClNO9. The molecule has 30 heavy (non-hydrogen) atoms. The number of rotatable bonds is 9. The second-order valence-electron chi connectivity index (χ2n) is 6.05. The van der Waals surface area contributed by atoms with Crippen molar-refractivity contribution in [1.29, 1.82) is 0 Å². The molecule has 0 aliphatic heterocycles. The smallest absolute Gasteiger partial charge is 0.303 e. The molecule has 0 aliphatic carbocycles. The summed E-state index contributed by atoms with van der Waals surface area (Å²) in [5.74, 6) is -4.10. The van der Waals surface area contributed by atoms with Crippen LogP contribution in [0.4, 0.5) is 5.69 Å². The van der Waals surface area contributed by atoms with Crippen LogP contribution in [-0.2, 0) is 42.9 Å². The van der Waals surface area contributed by atoms with Crippen LogP contribution in [0.15, 0.2) is 24.3 Å². The average molecular weight is 444 g/mol. The third-order valence-electron chi connectivity index (χ3n) is 3.40. The summed E-state index contributed by atoms with van der Waals surface area (Å²) in [6.07, 6.45) is -4.74. The molecule has 0 aliphatic rings. The monoisotopic (exact) mass is 443 g/mol. The van der Waals surface area contributed by atoms with Crippen molar-refractivity contribution in [1.82, 2.24) is 0 Å². The van der Waals surface area contributed by atoms with Crippen molar-refractivity contribution in [3.05, 3.63) is 29.3 Å². The first kappa shape index (κ1) is 24.9. The van der Waals surface area contributed by atoms with Crippen LogP contribution in [0.2, 0.25) is 5.02 Å². The minimum absolute atomic E-state index is 0.312. The summed E-state index contributed by atoms with van der Waals surface area (Å²) in [7, 11) is 0. The molecule has 0 unspecified atom stereocenters. The zero-order valence-corrected chi connectivity index (χ0v) is 17.6. The van der Waals surface area contributed by atoms with E-state index in [4.69, 9.17) is 30.5 Å². The van der Waals surface area contributed by atoms with Crippen LogP contribution in [0.25, 0.3) is 0 Å². The van der Waals surface area contributed by atoms with Gasteiger partial charge in [-0.25, -0.2) is 0 Å². The van der Waals surface area contributed by atoms with E-state index in [2.05, 4.69) is 5.32 Å². The number of anilines is 1. The van der Waals surface area contributed by atoms with E-state index in [1.54, 1.807) is 0 Å². The third kappa shape index (κ3) is 8.91. The van der Waals surface area contributed by atoms with Gasteiger partial charge >= 0.3 is 23.9 Å². The Labute approximate surface area is 177 Å². The van der Waals surface area contributed by atoms with Gasteiger partial charge in [-0.2, -0.15) is 0 Å². The van der Waals surface area contributed by atoms with Gasteiger partial charge in [-0.3, -0.25) is 24.0 Å².